The van der Waals surface area contributed by atoms with Crippen LogP contribution in [0, 0.1) is 18.3 Å². The number of aromatic hydroxyl groups is 1. The molecule has 0 saturated carbocycles. The van der Waals surface area contributed by atoms with Crippen molar-refractivity contribution >= 4 is 17.3 Å². The third-order valence-electron chi connectivity index (χ3n) is 3.48. The van der Waals surface area contributed by atoms with Crippen LogP contribution in [0.3, 0.4) is 0 Å². The van der Waals surface area contributed by atoms with E-state index in [4.69, 9.17) is 10.2 Å². The van der Waals surface area contributed by atoms with Crippen molar-refractivity contribution in [3.05, 3.63) is 51.3 Å². The summed E-state index contributed by atoms with van der Waals surface area (Å²) < 4.78 is 0.809. The minimum Gasteiger partial charge on any atom is -0.493 e. The standard InChI is InChI=1S/C16H14N4O5/c1-9-11(8-17)14(22)20(6-7-21)15(23)13(9)19-18-12-5-3-2-4-10(12)16(24)25/h2-5,21-22H,6-7H2,1H3,(H,24,25). The van der Waals surface area contributed by atoms with Crippen molar-refractivity contribution in [1.82, 2.24) is 4.57 Å². The van der Waals surface area contributed by atoms with Crippen molar-refractivity contribution in [2.24, 2.45) is 10.2 Å². The molecule has 0 unspecified atom stereocenters. The van der Waals surface area contributed by atoms with E-state index in [1.807, 2.05) is 0 Å². The van der Waals surface area contributed by atoms with Gasteiger partial charge in [0, 0.05) is 5.56 Å². The van der Waals surface area contributed by atoms with Crippen LogP contribution in [-0.2, 0) is 6.54 Å². The highest BCUT2D eigenvalue weighted by Crippen LogP contribution is 2.27. The molecule has 0 spiro atoms. The van der Waals surface area contributed by atoms with Gasteiger partial charge in [-0.2, -0.15) is 5.26 Å². The molecule has 0 amide bonds. The van der Waals surface area contributed by atoms with Gasteiger partial charge in [-0.15, -0.1) is 10.2 Å². The van der Waals surface area contributed by atoms with Gasteiger partial charge in [0.1, 0.15) is 17.3 Å². The zero-order valence-electron chi connectivity index (χ0n) is 13.2. The number of nitrogens with zero attached hydrogens (tertiary/aromatic N) is 4. The number of benzene rings is 1. The monoisotopic (exact) mass is 342 g/mol. The number of pyridine rings is 1. The summed E-state index contributed by atoms with van der Waals surface area (Å²) in [4.78, 5) is 23.6. The summed E-state index contributed by atoms with van der Waals surface area (Å²) in [5.74, 6) is -1.77. The van der Waals surface area contributed by atoms with Crippen LogP contribution >= 0.6 is 0 Å². The molecular formula is C16H14N4O5. The van der Waals surface area contributed by atoms with Gasteiger partial charge in [-0.05, 0) is 19.1 Å². The van der Waals surface area contributed by atoms with E-state index in [9.17, 15) is 20.0 Å². The lowest BCUT2D eigenvalue weighted by molar-refractivity contribution is 0.0697. The first kappa shape index (κ1) is 17.8. The fourth-order valence-electron chi connectivity index (χ4n) is 2.21. The van der Waals surface area contributed by atoms with E-state index >= 15 is 0 Å². The topological polar surface area (TPSA) is 148 Å². The van der Waals surface area contributed by atoms with Crippen LogP contribution in [0.15, 0.2) is 39.3 Å². The molecule has 0 atom stereocenters. The lowest BCUT2D eigenvalue weighted by Crippen LogP contribution is -2.23. The lowest BCUT2D eigenvalue weighted by atomic mass is 10.1. The zero-order valence-corrected chi connectivity index (χ0v) is 13.2. The number of carbonyl (C=O) groups is 1. The molecule has 25 heavy (non-hydrogen) atoms. The van der Waals surface area contributed by atoms with Gasteiger partial charge in [0.25, 0.3) is 5.56 Å². The van der Waals surface area contributed by atoms with Gasteiger partial charge in [-0.25, -0.2) is 4.79 Å². The van der Waals surface area contributed by atoms with Gasteiger partial charge in [-0.1, -0.05) is 12.1 Å². The summed E-state index contributed by atoms with van der Waals surface area (Å²) >= 11 is 0. The van der Waals surface area contributed by atoms with Gasteiger partial charge < -0.3 is 15.3 Å². The molecule has 1 aromatic heterocycles. The van der Waals surface area contributed by atoms with E-state index in [0.717, 1.165) is 4.57 Å². The Morgan fingerprint density at radius 3 is 2.60 bits per heavy atom. The van der Waals surface area contributed by atoms with Gasteiger partial charge in [0.15, 0.2) is 5.69 Å². The number of aromatic carboxylic acids is 1. The molecule has 9 nitrogen and oxygen atoms in total. The van der Waals surface area contributed by atoms with Gasteiger partial charge in [0.2, 0.25) is 5.88 Å². The minimum absolute atomic E-state index is 0.0362. The molecule has 0 radical (unpaired) electrons. The summed E-state index contributed by atoms with van der Waals surface area (Å²) in [6.45, 7) is 0.758. The SMILES string of the molecule is Cc1c(C#N)c(O)n(CCO)c(=O)c1N=Nc1ccccc1C(=O)O. The van der Waals surface area contributed by atoms with Gasteiger partial charge in [-0.3, -0.25) is 9.36 Å². The highest BCUT2D eigenvalue weighted by Gasteiger charge is 2.19. The summed E-state index contributed by atoms with van der Waals surface area (Å²) in [6, 6.07) is 7.61. The Bertz CT molecular complexity index is 956. The first-order valence-corrected chi connectivity index (χ1v) is 7.13. The van der Waals surface area contributed by atoms with Crippen LogP contribution in [0.1, 0.15) is 21.5 Å². The molecule has 0 bridgehead atoms. The minimum atomic E-state index is -1.20. The third kappa shape index (κ3) is 3.39. The normalized spacial score (nSPS) is 10.8. The number of aromatic nitrogens is 1. The van der Waals surface area contributed by atoms with E-state index in [2.05, 4.69) is 10.2 Å². The third-order valence-corrected chi connectivity index (χ3v) is 3.48. The van der Waals surface area contributed by atoms with Crippen molar-refractivity contribution in [1.29, 1.82) is 5.26 Å². The average Bonchev–Trinajstić information content (AvgIpc) is 2.59. The maximum absolute atomic E-state index is 12.4. The number of azo groups is 1. The van der Waals surface area contributed by atoms with Crippen molar-refractivity contribution in [3.8, 4) is 11.9 Å². The Morgan fingerprint density at radius 1 is 1.32 bits per heavy atom. The predicted molar refractivity (Wildman–Crippen MR) is 86.5 cm³/mol. The molecule has 1 heterocycles. The summed E-state index contributed by atoms with van der Waals surface area (Å²) in [6.07, 6.45) is 0. The fraction of sp³-hybridized carbons (Fsp3) is 0.188. The Hall–Kier alpha value is -3.51. The maximum Gasteiger partial charge on any atom is 0.337 e. The molecule has 3 N–H and O–H groups in total. The highest BCUT2D eigenvalue weighted by atomic mass is 16.4. The highest BCUT2D eigenvalue weighted by molar-refractivity contribution is 5.93. The van der Waals surface area contributed by atoms with Gasteiger partial charge in [0.05, 0.1) is 18.7 Å². The van der Waals surface area contributed by atoms with Gasteiger partial charge >= 0.3 is 5.97 Å². The van der Waals surface area contributed by atoms with E-state index in [-0.39, 0.29) is 34.6 Å². The lowest BCUT2D eigenvalue weighted by Gasteiger charge is -2.11. The predicted octanol–water partition coefficient (Wildman–Crippen LogP) is 1.84. The number of aliphatic hydroxyl groups is 1. The largest absolute Gasteiger partial charge is 0.493 e. The summed E-state index contributed by atoms with van der Waals surface area (Å²) in [5, 5.41) is 44.9. The molecule has 0 aliphatic heterocycles. The Kier molecular flexibility index (Phi) is 5.26. The molecule has 128 valence electrons. The smallest absolute Gasteiger partial charge is 0.337 e. The number of nitriles is 1. The van der Waals surface area contributed by atoms with E-state index in [1.54, 1.807) is 12.1 Å². The molecular weight excluding hydrogens is 328 g/mol. The van der Waals surface area contributed by atoms with Crippen molar-refractivity contribution in [3.63, 3.8) is 0 Å². The molecule has 9 heteroatoms. The second kappa shape index (κ2) is 7.37. The molecule has 0 fully saturated rings. The first-order valence-electron chi connectivity index (χ1n) is 7.13. The van der Waals surface area contributed by atoms with Crippen LogP contribution in [0.25, 0.3) is 0 Å². The first-order chi connectivity index (χ1) is 11.9. The zero-order chi connectivity index (χ0) is 18.6. The number of hydrogen-bond donors (Lipinski definition) is 3. The number of aliphatic hydroxyl groups excluding tert-OH is 1. The van der Waals surface area contributed by atoms with Crippen molar-refractivity contribution in [2.45, 2.75) is 13.5 Å². The Labute approximate surface area is 141 Å². The number of rotatable bonds is 5. The van der Waals surface area contributed by atoms with E-state index < -0.39 is 24.0 Å². The van der Waals surface area contributed by atoms with Crippen LogP contribution < -0.4 is 5.56 Å². The molecule has 2 rings (SSSR count). The quantitative estimate of drug-likeness (QED) is 0.706. The second-order valence-corrected chi connectivity index (χ2v) is 4.99. The fourth-order valence-corrected chi connectivity index (χ4v) is 2.21. The molecule has 0 aliphatic carbocycles. The van der Waals surface area contributed by atoms with Crippen molar-refractivity contribution < 1.29 is 20.1 Å². The number of carboxylic acids is 1. The van der Waals surface area contributed by atoms with Crippen LogP contribution in [0.4, 0.5) is 11.4 Å². The number of carboxylic acid groups (broad SMARTS) is 1. The summed E-state index contributed by atoms with van der Waals surface area (Å²) in [5.41, 5.74) is -1.10. The second-order valence-electron chi connectivity index (χ2n) is 4.99. The van der Waals surface area contributed by atoms with Crippen molar-refractivity contribution in [2.75, 3.05) is 6.61 Å². The Balaban J connectivity index is 2.65. The van der Waals surface area contributed by atoms with Crippen LogP contribution in [0.5, 0.6) is 5.88 Å². The molecule has 0 saturated heterocycles. The average molecular weight is 342 g/mol. The Morgan fingerprint density at radius 2 is 2.00 bits per heavy atom. The molecule has 1 aromatic carbocycles. The maximum atomic E-state index is 12.4. The molecule has 2 aromatic rings. The summed E-state index contributed by atoms with van der Waals surface area (Å²) in [7, 11) is 0. The van der Waals surface area contributed by atoms with E-state index in [1.165, 1.54) is 25.1 Å². The van der Waals surface area contributed by atoms with Crippen LogP contribution in [0.2, 0.25) is 0 Å². The molecule has 0 aliphatic rings. The van der Waals surface area contributed by atoms with Crippen LogP contribution in [-0.4, -0.2) is 32.5 Å². The van der Waals surface area contributed by atoms with E-state index in [0.29, 0.717) is 0 Å². The number of hydrogen-bond acceptors (Lipinski definition) is 7.